The minimum Gasteiger partial charge on any atom is -0.469 e. The number of primary amides is 1. The second kappa shape index (κ2) is 7.68. The Morgan fingerprint density at radius 2 is 1.85 bits per heavy atom. The number of pyridine rings is 1. The molecule has 0 unspecified atom stereocenters. The third-order valence-electron chi connectivity index (χ3n) is 5.32. The van der Waals surface area contributed by atoms with Crippen LogP contribution in [0.3, 0.4) is 0 Å². The van der Waals surface area contributed by atoms with Crippen molar-refractivity contribution >= 4 is 45.3 Å². The normalized spacial score (nSPS) is 12.7. The summed E-state index contributed by atoms with van der Waals surface area (Å²) in [7, 11) is 0. The predicted molar refractivity (Wildman–Crippen MR) is 122 cm³/mol. The van der Waals surface area contributed by atoms with Crippen molar-refractivity contribution in [3.63, 3.8) is 0 Å². The molecular weight excluding hydrogens is 514 g/mol. The highest BCUT2D eigenvalue weighted by Crippen LogP contribution is 2.44. The van der Waals surface area contributed by atoms with Crippen LogP contribution in [0, 0.1) is 6.92 Å². The minimum atomic E-state index is -0.791. The van der Waals surface area contributed by atoms with Crippen LogP contribution in [0.25, 0.3) is 28.1 Å². The van der Waals surface area contributed by atoms with Gasteiger partial charge in [0.05, 0.1) is 22.4 Å². The molecule has 0 spiro atoms. The number of hydrogen-bond acceptors (Lipinski definition) is 6. The van der Waals surface area contributed by atoms with Gasteiger partial charge < -0.3 is 10.2 Å². The quantitative estimate of drug-likeness (QED) is 0.388. The number of nitrogens with two attached hydrogens (primary N) is 1. The maximum Gasteiger partial charge on any atom is 0.268 e. The molecule has 3 N–H and O–H groups in total. The van der Waals surface area contributed by atoms with Gasteiger partial charge in [0, 0.05) is 22.9 Å². The van der Waals surface area contributed by atoms with E-state index < -0.39 is 17.7 Å². The maximum atomic E-state index is 12.7. The number of aromatic nitrogens is 3. The zero-order valence-corrected chi connectivity index (χ0v) is 19.2. The lowest BCUT2D eigenvalue weighted by Crippen LogP contribution is -2.20. The molecule has 0 bridgehead atoms. The standard InChI is InChI=1S/C22H13BrClN5O4/c1-9-10(6-8-33-9)14-11(4-5-12-15(14)22(32)27-21(12)31)16-17(19(25)30)29(28-18(16)23)20-13(24)3-2-7-26-20/h2-8H,1H3,(H2,25,30)(H,27,31,32). The molecule has 0 atom stereocenters. The van der Waals surface area contributed by atoms with Gasteiger partial charge in [-0.25, -0.2) is 9.67 Å². The number of imide groups is 1. The lowest BCUT2D eigenvalue weighted by Gasteiger charge is -2.14. The molecule has 1 aromatic carbocycles. The van der Waals surface area contributed by atoms with E-state index in [4.69, 9.17) is 21.8 Å². The van der Waals surface area contributed by atoms with Crippen LogP contribution in [0.15, 0.2) is 51.8 Å². The summed E-state index contributed by atoms with van der Waals surface area (Å²) in [5, 5.41) is 6.98. The van der Waals surface area contributed by atoms with Crippen molar-refractivity contribution in [1.29, 1.82) is 0 Å². The Morgan fingerprint density at radius 1 is 1.09 bits per heavy atom. The van der Waals surface area contributed by atoms with E-state index in [0.717, 1.165) is 0 Å². The van der Waals surface area contributed by atoms with Crippen molar-refractivity contribution in [2.75, 3.05) is 0 Å². The van der Waals surface area contributed by atoms with Crippen LogP contribution in [-0.4, -0.2) is 32.5 Å². The van der Waals surface area contributed by atoms with Gasteiger partial charge in [0.1, 0.15) is 16.1 Å². The van der Waals surface area contributed by atoms with Gasteiger partial charge >= 0.3 is 0 Å². The largest absolute Gasteiger partial charge is 0.469 e. The Balaban J connectivity index is 1.89. The fourth-order valence-corrected chi connectivity index (χ4v) is 4.70. The van der Waals surface area contributed by atoms with Crippen molar-refractivity contribution in [3.05, 3.63) is 75.0 Å². The monoisotopic (exact) mass is 525 g/mol. The van der Waals surface area contributed by atoms with Gasteiger partial charge in [-0.05, 0) is 52.7 Å². The highest BCUT2D eigenvalue weighted by atomic mass is 79.9. The zero-order valence-electron chi connectivity index (χ0n) is 16.8. The van der Waals surface area contributed by atoms with E-state index in [0.29, 0.717) is 28.0 Å². The zero-order chi connectivity index (χ0) is 23.4. The summed E-state index contributed by atoms with van der Waals surface area (Å²) in [5.41, 5.74) is 7.91. The summed E-state index contributed by atoms with van der Waals surface area (Å²) in [6.45, 7) is 1.73. The van der Waals surface area contributed by atoms with Crippen molar-refractivity contribution in [2.45, 2.75) is 6.92 Å². The van der Waals surface area contributed by atoms with Crippen LogP contribution < -0.4 is 11.1 Å². The van der Waals surface area contributed by atoms with Crippen molar-refractivity contribution in [1.82, 2.24) is 20.1 Å². The molecule has 0 saturated heterocycles. The van der Waals surface area contributed by atoms with Gasteiger partial charge in [0.25, 0.3) is 17.7 Å². The number of fused-ring (bicyclic) bond motifs is 1. The molecule has 3 amide bonds. The van der Waals surface area contributed by atoms with Crippen LogP contribution in [0.4, 0.5) is 0 Å². The molecule has 0 aliphatic carbocycles. The van der Waals surface area contributed by atoms with Gasteiger partial charge in [0.15, 0.2) is 5.82 Å². The second-order valence-electron chi connectivity index (χ2n) is 7.18. The molecule has 1 aliphatic heterocycles. The minimum absolute atomic E-state index is 0.00504. The molecule has 0 fully saturated rings. The summed E-state index contributed by atoms with van der Waals surface area (Å²) in [4.78, 5) is 41.9. The molecular formula is C22H13BrClN5O4. The molecule has 4 aromatic rings. The number of nitrogens with zero attached hydrogens (tertiary/aromatic N) is 3. The summed E-state index contributed by atoms with van der Waals surface area (Å²) in [6, 6.07) is 8.09. The first-order chi connectivity index (χ1) is 15.8. The fraction of sp³-hybridized carbons (Fsp3) is 0.0455. The first-order valence-electron chi connectivity index (χ1n) is 9.56. The van der Waals surface area contributed by atoms with E-state index in [-0.39, 0.29) is 32.3 Å². The van der Waals surface area contributed by atoms with Gasteiger partial charge in [-0.3, -0.25) is 19.7 Å². The van der Waals surface area contributed by atoms with Crippen molar-refractivity contribution in [3.8, 4) is 28.1 Å². The average Bonchev–Trinajstić information content (AvgIpc) is 3.43. The fourth-order valence-electron chi connectivity index (χ4n) is 3.94. The Hall–Kier alpha value is -3.76. The topological polar surface area (TPSA) is 133 Å². The number of amides is 3. The van der Waals surface area contributed by atoms with E-state index in [1.165, 1.54) is 23.2 Å². The van der Waals surface area contributed by atoms with E-state index >= 15 is 0 Å². The molecule has 164 valence electrons. The Kier molecular flexibility index (Phi) is 4.91. The number of hydrogen-bond donors (Lipinski definition) is 2. The number of furan rings is 1. The average molecular weight is 527 g/mol. The number of rotatable bonds is 4. The van der Waals surface area contributed by atoms with Crippen LogP contribution in [-0.2, 0) is 0 Å². The van der Waals surface area contributed by atoms with Gasteiger partial charge in [-0.15, -0.1) is 0 Å². The van der Waals surface area contributed by atoms with Gasteiger partial charge in [-0.1, -0.05) is 17.7 Å². The first-order valence-corrected chi connectivity index (χ1v) is 10.7. The van der Waals surface area contributed by atoms with E-state index in [2.05, 4.69) is 31.3 Å². The van der Waals surface area contributed by atoms with Crippen molar-refractivity contribution < 1.29 is 18.8 Å². The molecule has 5 rings (SSSR count). The second-order valence-corrected chi connectivity index (χ2v) is 8.34. The molecule has 1 aliphatic rings. The summed E-state index contributed by atoms with van der Waals surface area (Å²) >= 11 is 9.71. The number of halogens is 2. The Morgan fingerprint density at radius 3 is 2.52 bits per heavy atom. The summed E-state index contributed by atoms with van der Waals surface area (Å²) in [6.07, 6.45) is 2.98. The van der Waals surface area contributed by atoms with Gasteiger partial charge in [-0.2, -0.15) is 5.10 Å². The number of carbonyl (C=O) groups excluding carboxylic acids is 3. The van der Waals surface area contributed by atoms with Gasteiger partial charge in [0.2, 0.25) is 0 Å². The molecule has 3 aromatic heterocycles. The first kappa shape index (κ1) is 21.1. The Labute approximate surface area is 199 Å². The maximum absolute atomic E-state index is 12.7. The number of benzene rings is 1. The Bertz CT molecular complexity index is 1510. The SMILES string of the molecule is Cc1occc1-c1c(-c2c(Br)nn(-c3ncccc3Cl)c2C(N)=O)ccc2c1C(=O)NC2=O. The highest BCUT2D eigenvalue weighted by Gasteiger charge is 2.35. The van der Waals surface area contributed by atoms with Crippen LogP contribution in [0.2, 0.25) is 5.02 Å². The van der Waals surface area contributed by atoms with Crippen LogP contribution >= 0.6 is 27.5 Å². The van der Waals surface area contributed by atoms with E-state index in [1.807, 2.05) is 0 Å². The smallest absolute Gasteiger partial charge is 0.268 e. The molecule has 0 radical (unpaired) electrons. The number of aryl methyl sites for hydroxylation is 1. The lowest BCUT2D eigenvalue weighted by molar-refractivity contribution is 0.0878. The number of carbonyl (C=O) groups is 3. The molecule has 0 saturated carbocycles. The lowest BCUT2D eigenvalue weighted by atomic mass is 9.88. The number of nitrogens with one attached hydrogen (secondary N) is 1. The third kappa shape index (κ3) is 3.18. The van der Waals surface area contributed by atoms with Crippen LogP contribution in [0.1, 0.15) is 37.0 Å². The van der Waals surface area contributed by atoms with E-state index in [9.17, 15) is 14.4 Å². The summed E-state index contributed by atoms with van der Waals surface area (Å²) in [5.74, 6) is -1.12. The highest BCUT2D eigenvalue weighted by molar-refractivity contribution is 9.10. The predicted octanol–water partition coefficient (Wildman–Crippen LogP) is 3.90. The molecule has 9 nitrogen and oxygen atoms in total. The van der Waals surface area contributed by atoms with Crippen molar-refractivity contribution in [2.24, 2.45) is 5.73 Å². The summed E-state index contributed by atoms with van der Waals surface area (Å²) < 4.78 is 6.97. The third-order valence-corrected chi connectivity index (χ3v) is 6.17. The van der Waals surface area contributed by atoms with Crippen LogP contribution in [0.5, 0.6) is 0 Å². The molecule has 11 heteroatoms. The molecule has 33 heavy (non-hydrogen) atoms. The molecule has 4 heterocycles. The van der Waals surface area contributed by atoms with E-state index in [1.54, 1.807) is 31.2 Å².